The van der Waals surface area contributed by atoms with Gasteiger partial charge in [0.2, 0.25) is 5.91 Å². The van der Waals surface area contributed by atoms with Crippen LogP contribution in [0.1, 0.15) is 25.7 Å². The Balaban J connectivity index is 2.69. The third-order valence-corrected chi connectivity index (χ3v) is 4.16. The number of piperidine rings is 1. The largest absolute Gasteiger partial charge is 0.480 e. The van der Waals surface area contributed by atoms with Crippen LogP contribution in [-0.2, 0) is 9.59 Å². The molecule has 1 aliphatic rings. The van der Waals surface area contributed by atoms with E-state index >= 15 is 0 Å². The maximum atomic E-state index is 12.3. The van der Waals surface area contributed by atoms with Crippen LogP contribution in [0.3, 0.4) is 0 Å². The summed E-state index contributed by atoms with van der Waals surface area (Å²) in [4.78, 5) is 36.7. The molecule has 3 N–H and O–H groups in total. The van der Waals surface area contributed by atoms with Crippen molar-refractivity contribution < 1.29 is 19.5 Å². The SMILES string of the molecule is CNC(=O)C1CCCCN1C(=O)N[C@H](CCSC)C(=O)O. The molecule has 0 radical (unpaired) electrons. The molecule has 7 nitrogen and oxygen atoms in total. The van der Waals surface area contributed by atoms with Crippen molar-refractivity contribution in [2.24, 2.45) is 0 Å². The van der Waals surface area contributed by atoms with Crippen LogP contribution in [0.25, 0.3) is 0 Å². The standard InChI is InChI=1S/C13H23N3O4S/c1-14-11(17)10-5-3-4-7-16(10)13(20)15-9(12(18)19)6-8-21-2/h9-10H,3-8H2,1-2H3,(H,14,17)(H,15,20)(H,18,19)/t9-,10?/m1/s1. The summed E-state index contributed by atoms with van der Waals surface area (Å²) in [5.41, 5.74) is 0. The van der Waals surface area contributed by atoms with Gasteiger partial charge in [0.1, 0.15) is 12.1 Å². The second-order valence-corrected chi connectivity index (χ2v) is 5.93. The molecule has 1 unspecified atom stereocenters. The number of nitrogens with one attached hydrogen (secondary N) is 2. The van der Waals surface area contributed by atoms with Crippen molar-refractivity contribution in [2.75, 3.05) is 25.6 Å². The Morgan fingerprint density at radius 2 is 2.10 bits per heavy atom. The number of thioether (sulfide) groups is 1. The topological polar surface area (TPSA) is 98.7 Å². The van der Waals surface area contributed by atoms with E-state index in [2.05, 4.69) is 10.6 Å². The molecule has 0 saturated carbocycles. The Labute approximate surface area is 128 Å². The Hall–Kier alpha value is -1.44. The Morgan fingerprint density at radius 1 is 1.38 bits per heavy atom. The van der Waals surface area contributed by atoms with Crippen molar-refractivity contribution in [3.05, 3.63) is 0 Å². The molecule has 0 aliphatic carbocycles. The van der Waals surface area contributed by atoms with Gasteiger partial charge in [0.15, 0.2) is 0 Å². The Morgan fingerprint density at radius 3 is 2.67 bits per heavy atom. The minimum absolute atomic E-state index is 0.208. The van der Waals surface area contributed by atoms with E-state index in [0.29, 0.717) is 25.1 Å². The number of likely N-dealkylation sites (tertiary alicyclic amines) is 1. The lowest BCUT2D eigenvalue weighted by Gasteiger charge is -2.35. The van der Waals surface area contributed by atoms with Gasteiger partial charge >= 0.3 is 12.0 Å². The maximum absolute atomic E-state index is 12.3. The molecule has 120 valence electrons. The highest BCUT2D eigenvalue weighted by Gasteiger charge is 2.33. The van der Waals surface area contributed by atoms with Crippen LogP contribution in [0.2, 0.25) is 0 Å². The van der Waals surface area contributed by atoms with Crippen LogP contribution in [-0.4, -0.2) is 65.6 Å². The third-order valence-electron chi connectivity index (χ3n) is 3.52. The van der Waals surface area contributed by atoms with Crippen LogP contribution in [0, 0.1) is 0 Å². The predicted octanol–water partition coefficient (Wildman–Crippen LogP) is 0.503. The molecule has 3 amide bonds. The van der Waals surface area contributed by atoms with Gasteiger partial charge in [-0.1, -0.05) is 0 Å². The molecule has 0 aromatic carbocycles. The number of carbonyl (C=O) groups is 3. The number of amides is 3. The van der Waals surface area contributed by atoms with Gasteiger partial charge in [-0.2, -0.15) is 11.8 Å². The molecule has 1 saturated heterocycles. The van der Waals surface area contributed by atoms with Gasteiger partial charge in [-0.05, 0) is 37.7 Å². The molecule has 0 bridgehead atoms. The first-order valence-electron chi connectivity index (χ1n) is 7.01. The molecule has 8 heteroatoms. The molecule has 1 rings (SSSR count). The Kier molecular flexibility index (Phi) is 7.35. The number of aliphatic carboxylic acids is 1. The van der Waals surface area contributed by atoms with Crippen molar-refractivity contribution in [1.82, 2.24) is 15.5 Å². The molecule has 1 heterocycles. The molecular formula is C13H23N3O4S. The van der Waals surface area contributed by atoms with Gasteiger partial charge in [0, 0.05) is 13.6 Å². The van der Waals surface area contributed by atoms with E-state index in [1.807, 2.05) is 6.26 Å². The quantitative estimate of drug-likeness (QED) is 0.663. The van der Waals surface area contributed by atoms with E-state index in [0.717, 1.165) is 12.8 Å². The van der Waals surface area contributed by atoms with Crippen LogP contribution < -0.4 is 10.6 Å². The molecule has 1 aliphatic heterocycles. The fourth-order valence-corrected chi connectivity index (χ4v) is 2.81. The highest BCUT2D eigenvalue weighted by atomic mass is 32.2. The minimum atomic E-state index is -1.05. The summed E-state index contributed by atoms with van der Waals surface area (Å²) < 4.78 is 0. The zero-order valence-electron chi connectivity index (χ0n) is 12.4. The molecule has 2 atom stereocenters. The average Bonchev–Trinajstić information content (AvgIpc) is 2.50. The molecular weight excluding hydrogens is 294 g/mol. The minimum Gasteiger partial charge on any atom is -0.480 e. The smallest absolute Gasteiger partial charge is 0.326 e. The zero-order chi connectivity index (χ0) is 15.8. The van der Waals surface area contributed by atoms with Crippen LogP contribution in [0.4, 0.5) is 4.79 Å². The van der Waals surface area contributed by atoms with E-state index in [9.17, 15) is 14.4 Å². The van der Waals surface area contributed by atoms with Gasteiger partial charge in [0.05, 0.1) is 0 Å². The van der Waals surface area contributed by atoms with Crippen LogP contribution in [0.15, 0.2) is 0 Å². The van der Waals surface area contributed by atoms with Crippen molar-refractivity contribution >= 4 is 29.7 Å². The van der Waals surface area contributed by atoms with Crippen LogP contribution in [0.5, 0.6) is 0 Å². The summed E-state index contributed by atoms with van der Waals surface area (Å²) >= 11 is 1.53. The number of hydrogen-bond acceptors (Lipinski definition) is 4. The molecule has 1 fully saturated rings. The lowest BCUT2D eigenvalue weighted by molar-refractivity contribution is -0.139. The van der Waals surface area contributed by atoms with E-state index in [1.54, 1.807) is 0 Å². The van der Waals surface area contributed by atoms with Crippen molar-refractivity contribution in [3.63, 3.8) is 0 Å². The highest BCUT2D eigenvalue weighted by molar-refractivity contribution is 7.98. The van der Waals surface area contributed by atoms with Gasteiger partial charge < -0.3 is 20.6 Å². The van der Waals surface area contributed by atoms with Crippen molar-refractivity contribution in [2.45, 2.75) is 37.8 Å². The first-order valence-corrected chi connectivity index (χ1v) is 8.41. The average molecular weight is 317 g/mol. The first kappa shape index (κ1) is 17.6. The number of nitrogens with zero attached hydrogens (tertiary/aromatic N) is 1. The molecule has 0 aromatic heterocycles. The number of carboxylic acid groups (broad SMARTS) is 1. The summed E-state index contributed by atoms with van der Waals surface area (Å²) in [6, 6.07) is -1.91. The van der Waals surface area contributed by atoms with E-state index in [1.165, 1.54) is 23.7 Å². The summed E-state index contributed by atoms with van der Waals surface area (Å²) in [6.45, 7) is 0.471. The van der Waals surface area contributed by atoms with Gasteiger partial charge in [-0.25, -0.2) is 9.59 Å². The lowest BCUT2D eigenvalue weighted by atomic mass is 10.0. The van der Waals surface area contributed by atoms with Gasteiger partial charge in [-0.3, -0.25) is 4.79 Å². The first-order chi connectivity index (χ1) is 10.0. The summed E-state index contributed by atoms with van der Waals surface area (Å²) in [5, 5.41) is 14.2. The highest BCUT2D eigenvalue weighted by Crippen LogP contribution is 2.17. The molecule has 21 heavy (non-hydrogen) atoms. The van der Waals surface area contributed by atoms with Gasteiger partial charge in [-0.15, -0.1) is 0 Å². The molecule has 0 aromatic rings. The summed E-state index contributed by atoms with van der Waals surface area (Å²) in [7, 11) is 1.53. The monoisotopic (exact) mass is 317 g/mol. The van der Waals surface area contributed by atoms with Crippen molar-refractivity contribution in [3.8, 4) is 0 Å². The van der Waals surface area contributed by atoms with E-state index in [-0.39, 0.29) is 5.91 Å². The maximum Gasteiger partial charge on any atom is 0.326 e. The zero-order valence-corrected chi connectivity index (χ0v) is 13.2. The van der Waals surface area contributed by atoms with E-state index < -0.39 is 24.1 Å². The number of rotatable bonds is 6. The number of carbonyl (C=O) groups excluding carboxylic acids is 2. The number of likely N-dealkylation sites (N-methyl/N-ethyl adjacent to an activating group) is 1. The number of carboxylic acids is 1. The van der Waals surface area contributed by atoms with E-state index in [4.69, 9.17) is 5.11 Å². The summed E-state index contributed by atoms with van der Waals surface area (Å²) in [5.74, 6) is -0.609. The van der Waals surface area contributed by atoms with Crippen LogP contribution >= 0.6 is 11.8 Å². The summed E-state index contributed by atoms with van der Waals surface area (Å²) in [6.07, 6.45) is 4.56. The second-order valence-electron chi connectivity index (χ2n) is 4.94. The third kappa shape index (κ3) is 5.11. The second kappa shape index (κ2) is 8.76. The number of urea groups is 1. The Bertz CT molecular complexity index is 392. The fourth-order valence-electron chi connectivity index (χ4n) is 2.34. The normalized spacial score (nSPS) is 19.7. The van der Waals surface area contributed by atoms with Crippen molar-refractivity contribution in [1.29, 1.82) is 0 Å². The fraction of sp³-hybridized carbons (Fsp3) is 0.769. The number of hydrogen-bond donors (Lipinski definition) is 3. The lowest BCUT2D eigenvalue weighted by Crippen LogP contribution is -2.56. The molecule has 0 spiro atoms. The van der Waals surface area contributed by atoms with Gasteiger partial charge in [0.25, 0.3) is 0 Å². The predicted molar refractivity (Wildman–Crippen MR) is 81.4 cm³/mol.